The maximum absolute atomic E-state index is 14.5. The molecule has 3 heterocycles. The number of benzene rings is 2. The van der Waals surface area contributed by atoms with Crippen LogP contribution in [0.15, 0.2) is 60.8 Å². The highest BCUT2D eigenvalue weighted by Crippen LogP contribution is 2.24. The van der Waals surface area contributed by atoms with E-state index in [4.69, 9.17) is 0 Å². The summed E-state index contributed by atoms with van der Waals surface area (Å²) < 4.78 is 14.5. The van der Waals surface area contributed by atoms with Crippen LogP contribution in [0, 0.1) is 5.82 Å². The summed E-state index contributed by atoms with van der Waals surface area (Å²) in [4.78, 5) is 26.7. The van der Waals surface area contributed by atoms with Gasteiger partial charge in [0.1, 0.15) is 0 Å². The van der Waals surface area contributed by atoms with Crippen LogP contribution < -0.4 is 15.5 Å². The summed E-state index contributed by atoms with van der Waals surface area (Å²) in [5.74, 6) is 0.218. The van der Waals surface area contributed by atoms with Gasteiger partial charge in [0, 0.05) is 70.2 Å². The van der Waals surface area contributed by atoms with Crippen LogP contribution >= 0.6 is 0 Å². The van der Waals surface area contributed by atoms with Gasteiger partial charge in [0.15, 0.2) is 11.6 Å². The molecule has 1 aromatic heterocycles. The van der Waals surface area contributed by atoms with Crippen LogP contribution in [0.4, 0.5) is 27.5 Å². The van der Waals surface area contributed by atoms with Crippen LogP contribution in [0.3, 0.4) is 0 Å². The fourth-order valence-electron chi connectivity index (χ4n) is 4.85. The number of anilines is 4. The predicted molar refractivity (Wildman–Crippen MR) is 140 cm³/mol. The number of carbonyl (C=O) groups excluding carboxylic acids is 1. The average Bonchev–Trinajstić information content (AvgIpc) is 3.33. The van der Waals surface area contributed by atoms with Gasteiger partial charge in [-0.2, -0.15) is 4.98 Å². The lowest BCUT2D eigenvalue weighted by molar-refractivity contribution is -0.129. The molecule has 0 bridgehead atoms. The van der Waals surface area contributed by atoms with Gasteiger partial charge >= 0.3 is 0 Å². The Morgan fingerprint density at radius 1 is 1.06 bits per heavy atom. The quantitative estimate of drug-likeness (QED) is 0.524. The summed E-state index contributed by atoms with van der Waals surface area (Å²) in [5, 5.41) is 6.49. The first-order valence-electron chi connectivity index (χ1n) is 12.5. The molecule has 0 aliphatic carbocycles. The molecule has 0 spiro atoms. The third-order valence-electron chi connectivity index (χ3n) is 6.80. The molecule has 1 atom stereocenters. The molecule has 0 radical (unpaired) electrons. The molecule has 9 heteroatoms. The molecule has 2 aromatic carbocycles. The van der Waals surface area contributed by atoms with Crippen molar-refractivity contribution in [2.24, 2.45) is 0 Å². The molecule has 1 unspecified atom stereocenters. The second-order valence-corrected chi connectivity index (χ2v) is 9.41. The van der Waals surface area contributed by atoms with Crippen molar-refractivity contribution in [2.45, 2.75) is 25.9 Å². The first-order chi connectivity index (χ1) is 17.5. The number of nitrogens with one attached hydrogen (secondary N) is 2. The van der Waals surface area contributed by atoms with Crippen molar-refractivity contribution in [3.8, 4) is 0 Å². The van der Waals surface area contributed by atoms with E-state index in [0.29, 0.717) is 19.0 Å². The Morgan fingerprint density at radius 3 is 2.64 bits per heavy atom. The molecule has 2 aliphatic rings. The maximum Gasteiger partial charge on any atom is 0.229 e. The Morgan fingerprint density at radius 2 is 1.86 bits per heavy atom. The fraction of sp³-hybridized carbons (Fsp3) is 0.370. The van der Waals surface area contributed by atoms with E-state index in [1.165, 1.54) is 11.8 Å². The summed E-state index contributed by atoms with van der Waals surface area (Å²) in [6.07, 6.45) is 2.14. The molecule has 8 nitrogen and oxygen atoms in total. The standard InChI is InChI=1S/C27H32FN7O/c1-20(36)34-12-14-35(15-13-34)24-9-5-8-22(16-24)31-27-29-17-25(28)26(32-27)30-23-10-11-33(19-23)18-21-6-3-2-4-7-21/h2-9,16-17,23H,10-15,18-19H2,1H3,(H2,29,30,31,32). The van der Waals surface area contributed by atoms with Crippen molar-refractivity contribution in [1.29, 1.82) is 0 Å². The third-order valence-corrected chi connectivity index (χ3v) is 6.80. The van der Waals surface area contributed by atoms with Gasteiger partial charge in [-0.1, -0.05) is 36.4 Å². The van der Waals surface area contributed by atoms with E-state index in [1.54, 1.807) is 6.92 Å². The van der Waals surface area contributed by atoms with Crippen LogP contribution in [-0.4, -0.2) is 71.0 Å². The molecule has 36 heavy (non-hydrogen) atoms. The Labute approximate surface area is 211 Å². The Balaban J connectivity index is 1.20. The van der Waals surface area contributed by atoms with Gasteiger partial charge in [0.25, 0.3) is 0 Å². The summed E-state index contributed by atoms with van der Waals surface area (Å²) in [6, 6.07) is 18.5. The van der Waals surface area contributed by atoms with Gasteiger partial charge in [-0.25, -0.2) is 9.37 Å². The number of aromatic nitrogens is 2. The first kappa shape index (κ1) is 24.0. The average molecular weight is 490 g/mol. The maximum atomic E-state index is 14.5. The second kappa shape index (κ2) is 10.9. The van der Waals surface area contributed by atoms with Crippen molar-refractivity contribution in [3.63, 3.8) is 0 Å². The van der Waals surface area contributed by atoms with E-state index < -0.39 is 5.82 Å². The smallest absolute Gasteiger partial charge is 0.229 e. The van der Waals surface area contributed by atoms with Crippen LogP contribution in [0.2, 0.25) is 0 Å². The zero-order chi connectivity index (χ0) is 24.9. The van der Waals surface area contributed by atoms with Gasteiger partial charge in [0.2, 0.25) is 11.9 Å². The number of carbonyl (C=O) groups is 1. The monoisotopic (exact) mass is 489 g/mol. The van der Waals surface area contributed by atoms with Gasteiger partial charge < -0.3 is 20.4 Å². The highest BCUT2D eigenvalue weighted by Gasteiger charge is 2.24. The Kier molecular flexibility index (Phi) is 7.27. The highest BCUT2D eigenvalue weighted by molar-refractivity contribution is 5.73. The number of likely N-dealkylation sites (tertiary alicyclic amines) is 1. The minimum Gasteiger partial charge on any atom is -0.368 e. The van der Waals surface area contributed by atoms with E-state index >= 15 is 0 Å². The lowest BCUT2D eigenvalue weighted by atomic mass is 10.2. The normalized spacial score (nSPS) is 18.3. The van der Waals surface area contributed by atoms with Gasteiger partial charge in [-0.3, -0.25) is 9.69 Å². The summed E-state index contributed by atoms with van der Waals surface area (Å²) in [5.41, 5.74) is 3.17. The fourth-order valence-corrected chi connectivity index (χ4v) is 4.85. The summed E-state index contributed by atoms with van der Waals surface area (Å²) in [6.45, 7) is 7.29. The molecule has 2 fully saturated rings. The number of amides is 1. The Bertz CT molecular complexity index is 1180. The number of hydrogen-bond acceptors (Lipinski definition) is 7. The minimum absolute atomic E-state index is 0.115. The molecule has 188 valence electrons. The Hall–Kier alpha value is -3.72. The number of halogens is 1. The van der Waals surface area contributed by atoms with E-state index in [1.807, 2.05) is 29.2 Å². The molecule has 3 aromatic rings. The number of piperazine rings is 1. The van der Waals surface area contributed by atoms with Crippen molar-refractivity contribution in [3.05, 3.63) is 72.2 Å². The second-order valence-electron chi connectivity index (χ2n) is 9.41. The van der Waals surface area contributed by atoms with Gasteiger partial charge in [-0.15, -0.1) is 0 Å². The molecule has 1 amide bonds. The third kappa shape index (κ3) is 5.91. The number of hydrogen-bond donors (Lipinski definition) is 2. The van der Waals surface area contributed by atoms with Gasteiger partial charge in [0.05, 0.1) is 6.20 Å². The van der Waals surface area contributed by atoms with Crippen molar-refractivity contribution in [1.82, 2.24) is 19.8 Å². The molecule has 2 aliphatic heterocycles. The topological polar surface area (TPSA) is 76.6 Å². The molecular weight excluding hydrogens is 457 g/mol. The van der Waals surface area contributed by atoms with Crippen LogP contribution in [-0.2, 0) is 11.3 Å². The van der Waals surface area contributed by atoms with Crippen LogP contribution in [0.5, 0.6) is 0 Å². The molecule has 0 saturated carbocycles. The minimum atomic E-state index is -0.459. The zero-order valence-electron chi connectivity index (χ0n) is 20.5. The predicted octanol–water partition coefficient (Wildman–Crippen LogP) is 3.71. The van der Waals surface area contributed by atoms with E-state index in [-0.39, 0.29) is 17.8 Å². The van der Waals surface area contributed by atoms with Crippen molar-refractivity contribution >= 4 is 29.0 Å². The van der Waals surface area contributed by atoms with Gasteiger partial charge in [-0.05, 0) is 30.2 Å². The SMILES string of the molecule is CC(=O)N1CCN(c2cccc(Nc3ncc(F)c(NC4CCN(Cc5ccccc5)C4)n3)c2)CC1. The summed E-state index contributed by atoms with van der Waals surface area (Å²) >= 11 is 0. The lowest BCUT2D eigenvalue weighted by Gasteiger charge is -2.35. The highest BCUT2D eigenvalue weighted by atomic mass is 19.1. The number of nitrogens with zero attached hydrogens (tertiary/aromatic N) is 5. The summed E-state index contributed by atoms with van der Waals surface area (Å²) in [7, 11) is 0. The molecular formula is C27H32FN7O. The lowest BCUT2D eigenvalue weighted by Crippen LogP contribution is -2.48. The van der Waals surface area contributed by atoms with E-state index in [2.05, 4.69) is 60.7 Å². The van der Waals surface area contributed by atoms with Crippen molar-refractivity contribution in [2.75, 3.05) is 54.8 Å². The van der Waals surface area contributed by atoms with Crippen molar-refractivity contribution < 1.29 is 9.18 Å². The van der Waals surface area contributed by atoms with E-state index in [9.17, 15) is 9.18 Å². The van der Waals surface area contributed by atoms with Crippen LogP contribution in [0.1, 0.15) is 18.9 Å². The number of rotatable bonds is 7. The molecule has 2 saturated heterocycles. The molecule has 5 rings (SSSR count). The molecule has 2 N–H and O–H groups in total. The largest absolute Gasteiger partial charge is 0.368 e. The van der Waals surface area contributed by atoms with E-state index in [0.717, 1.165) is 50.5 Å². The first-order valence-corrected chi connectivity index (χ1v) is 12.5. The zero-order valence-corrected chi connectivity index (χ0v) is 20.5. The van der Waals surface area contributed by atoms with Crippen LogP contribution in [0.25, 0.3) is 0 Å².